The Morgan fingerprint density at radius 2 is 2.12 bits per heavy atom. The van der Waals surface area contributed by atoms with E-state index < -0.39 is 0 Å². The number of rotatable bonds is 5. The number of benzene rings is 1. The fourth-order valence-electron chi connectivity index (χ4n) is 1.48. The highest BCUT2D eigenvalue weighted by molar-refractivity contribution is 6.42. The summed E-state index contributed by atoms with van der Waals surface area (Å²) in [5.41, 5.74) is 6.92. The molecule has 0 amide bonds. The smallest absolute Gasteiger partial charge is 0.305 e. The molecule has 0 heterocycles. The Morgan fingerprint density at radius 3 is 2.71 bits per heavy atom. The van der Waals surface area contributed by atoms with E-state index in [1.165, 1.54) is 7.11 Å². The van der Waals surface area contributed by atoms with Crippen molar-refractivity contribution < 1.29 is 9.53 Å². The summed E-state index contributed by atoms with van der Waals surface area (Å²) in [7, 11) is 1.37. The van der Waals surface area contributed by atoms with Crippen LogP contribution in [0.4, 0.5) is 0 Å². The molecular formula is C12H15Cl2NO2. The van der Waals surface area contributed by atoms with E-state index in [1.807, 2.05) is 6.07 Å². The van der Waals surface area contributed by atoms with Gasteiger partial charge in [-0.2, -0.15) is 0 Å². The van der Waals surface area contributed by atoms with E-state index >= 15 is 0 Å². The molecule has 1 rings (SSSR count). The quantitative estimate of drug-likeness (QED) is 0.841. The second-order valence-electron chi connectivity index (χ2n) is 3.83. The molecule has 1 aromatic rings. The summed E-state index contributed by atoms with van der Waals surface area (Å²) in [6.45, 7) is 0. The highest BCUT2D eigenvalue weighted by Crippen LogP contribution is 2.23. The van der Waals surface area contributed by atoms with E-state index in [9.17, 15) is 4.79 Å². The molecule has 1 unspecified atom stereocenters. The number of nitrogens with two attached hydrogens (primary N) is 1. The van der Waals surface area contributed by atoms with Gasteiger partial charge in [0.2, 0.25) is 0 Å². The maximum Gasteiger partial charge on any atom is 0.305 e. The Labute approximate surface area is 111 Å². The van der Waals surface area contributed by atoms with Gasteiger partial charge >= 0.3 is 5.97 Å². The van der Waals surface area contributed by atoms with Crippen molar-refractivity contribution in [1.82, 2.24) is 0 Å². The molecule has 3 nitrogen and oxygen atoms in total. The first-order valence-corrected chi connectivity index (χ1v) is 6.05. The summed E-state index contributed by atoms with van der Waals surface area (Å²) >= 11 is 11.7. The van der Waals surface area contributed by atoms with Crippen LogP contribution in [-0.2, 0) is 16.0 Å². The molecule has 0 aliphatic carbocycles. The molecule has 0 radical (unpaired) electrons. The van der Waals surface area contributed by atoms with E-state index in [0.29, 0.717) is 29.3 Å². The fourth-order valence-corrected chi connectivity index (χ4v) is 1.80. The minimum absolute atomic E-state index is 0.0913. The number of hydrogen-bond acceptors (Lipinski definition) is 3. The van der Waals surface area contributed by atoms with Gasteiger partial charge in [0, 0.05) is 12.5 Å². The van der Waals surface area contributed by atoms with Crippen LogP contribution < -0.4 is 5.73 Å². The number of carbonyl (C=O) groups excluding carboxylic acids is 1. The standard InChI is InChI=1S/C12H15Cl2NO2/c1-17-12(16)5-3-9(15)6-8-2-4-10(13)11(14)7-8/h2,4,7,9H,3,5-6,15H2,1H3. The van der Waals surface area contributed by atoms with Gasteiger partial charge in [0.1, 0.15) is 0 Å². The van der Waals surface area contributed by atoms with Crippen molar-refractivity contribution in [3.8, 4) is 0 Å². The first-order valence-electron chi connectivity index (χ1n) is 5.29. The highest BCUT2D eigenvalue weighted by atomic mass is 35.5. The zero-order valence-corrected chi connectivity index (χ0v) is 11.1. The Balaban J connectivity index is 2.47. The minimum Gasteiger partial charge on any atom is -0.469 e. The molecule has 1 atom stereocenters. The highest BCUT2D eigenvalue weighted by Gasteiger charge is 2.09. The molecule has 0 bridgehead atoms. The van der Waals surface area contributed by atoms with Crippen LogP contribution in [0.5, 0.6) is 0 Å². The van der Waals surface area contributed by atoms with Gasteiger partial charge in [0.25, 0.3) is 0 Å². The summed E-state index contributed by atoms with van der Waals surface area (Å²) in [6.07, 6.45) is 1.58. The van der Waals surface area contributed by atoms with Crippen LogP contribution in [0.3, 0.4) is 0 Å². The van der Waals surface area contributed by atoms with Gasteiger partial charge in [0.15, 0.2) is 0 Å². The third-order valence-corrected chi connectivity index (χ3v) is 3.17. The maximum atomic E-state index is 11.0. The number of methoxy groups -OCH3 is 1. The lowest BCUT2D eigenvalue weighted by atomic mass is 10.0. The van der Waals surface area contributed by atoms with E-state index in [4.69, 9.17) is 28.9 Å². The maximum absolute atomic E-state index is 11.0. The molecule has 1 aromatic carbocycles. The Bertz CT molecular complexity index is 396. The lowest BCUT2D eigenvalue weighted by Crippen LogP contribution is -2.24. The van der Waals surface area contributed by atoms with Crippen LogP contribution >= 0.6 is 23.2 Å². The Hall–Kier alpha value is -0.770. The number of hydrogen-bond donors (Lipinski definition) is 1. The van der Waals surface area contributed by atoms with Crippen molar-refractivity contribution in [3.63, 3.8) is 0 Å². The number of esters is 1. The molecule has 0 saturated heterocycles. The molecule has 17 heavy (non-hydrogen) atoms. The molecule has 0 spiro atoms. The fraction of sp³-hybridized carbons (Fsp3) is 0.417. The number of carbonyl (C=O) groups is 1. The van der Waals surface area contributed by atoms with E-state index in [-0.39, 0.29) is 12.0 Å². The third-order valence-electron chi connectivity index (χ3n) is 2.43. The summed E-state index contributed by atoms with van der Waals surface area (Å²) in [4.78, 5) is 11.0. The molecular weight excluding hydrogens is 261 g/mol. The molecule has 0 aliphatic heterocycles. The van der Waals surface area contributed by atoms with Gasteiger partial charge in [-0.25, -0.2) is 0 Å². The first-order chi connectivity index (χ1) is 8.02. The third kappa shape index (κ3) is 4.94. The molecule has 94 valence electrons. The van der Waals surface area contributed by atoms with Crippen LogP contribution in [0.1, 0.15) is 18.4 Å². The molecule has 0 fully saturated rings. The Kier molecular flexibility index (Phi) is 5.75. The van der Waals surface area contributed by atoms with Crippen molar-refractivity contribution in [2.24, 2.45) is 5.73 Å². The summed E-state index contributed by atoms with van der Waals surface area (Å²) in [5.74, 6) is -0.241. The van der Waals surface area contributed by atoms with Gasteiger partial charge in [-0.3, -0.25) is 4.79 Å². The lowest BCUT2D eigenvalue weighted by Gasteiger charge is -2.11. The van der Waals surface area contributed by atoms with Crippen LogP contribution in [0, 0.1) is 0 Å². The van der Waals surface area contributed by atoms with Crippen molar-refractivity contribution in [1.29, 1.82) is 0 Å². The monoisotopic (exact) mass is 275 g/mol. The zero-order valence-electron chi connectivity index (χ0n) is 9.58. The Morgan fingerprint density at radius 1 is 1.41 bits per heavy atom. The summed E-state index contributed by atoms with van der Waals surface area (Å²) in [6, 6.07) is 5.33. The largest absolute Gasteiger partial charge is 0.469 e. The van der Waals surface area contributed by atoms with Gasteiger partial charge in [-0.05, 0) is 30.5 Å². The summed E-state index contributed by atoms with van der Waals surface area (Å²) < 4.78 is 4.55. The van der Waals surface area contributed by atoms with E-state index in [1.54, 1.807) is 12.1 Å². The average Bonchev–Trinajstić information content (AvgIpc) is 2.31. The topological polar surface area (TPSA) is 52.3 Å². The lowest BCUT2D eigenvalue weighted by molar-refractivity contribution is -0.140. The predicted molar refractivity (Wildman–Crippen MR) is 69.4 cm³/mol. The van der Waals surface area contributed by atoms with Crippen molar-refractivity contribution in [2.75, 3.05) is 7.11 Å². The number of halogens is 2. The van der Waals surface area contributed by atoms with Crippen LogP contribution in [0.25, 0.3) is 0 Å². The average molecular weight is 276 g/mol. The van der Waals surface area contributed by atoms with Crippen LogP contribution in [0.2, 0.25) is 10.0 Å². The molecule has 5 heteroatoms. The minimum atomic E-state index is -0.241. The van der Waals surface area contributed by atoms with Crippen LogP contribution in [-0.4, -0.2) is 19.1 Å². The molecule has 0 saturated carbocycles. The number of ether oxygens (including phenoxy) is 1. The zero-order chi connectivity index (χ0) is 12.8. The van der Waals surface area contributed by atoms with Gasteiger partial charge in [-0.15, -0.1) is 0 Å². The molecule has 0 aromatic heterocycles. The van der Waals surface area contributed by atoms with Crippen molar-refractivity contribution in [3.05, 3.63) is 33.8 Å². The second kappa shape index (κ2) is 6.84. The van der Waals surface area contributed by atoms with Crippen molar-refractivity contribution in [2.45, 2.75) is 25.3 Å². The van der Waals surface area contributed by atoms with E-state index in [2.05, 4.69) is 4.74 Å². The SMILES string of the molecule is COC(=O)CCC(N)Cc1ccc(Cl)c(Cl)c1. The molecule has 2 N–H and O–H groups in total. The van der Waals surface area contributed by atoms with Crippen molar-refractivity contribution >= 4 is 29.2 Å². The molecule has 0 aliphatic rings. The van der Waals surface area contributed by atoms with Gasteiger partial charge < -0.3 is 10.5 Å². The normalized spacial score (nSPS) is 12.2. The first kappa shape index (κ1) is 14.3. The van der Waals surface area contributed by atoms with Gasteiger partial charge in [0.05, 0.1) is 17.2 Å². The van der Waals surface area contributed by atoms with E-state index in [0.717, 1.165) is 5.56 Å². The second-order valence-corrected chi connectivity index (χ2v) is 4.64. The van der Waals surface area contributed by atoms with Crippen LogP contribution in [0.15, 0.2) is 18.2 Å². The summed E-state index contributed by atoms with van der Waals surface area (Å²) in [5, 5.41) is 1.04. The predicted octanol–water partition coefficient (Wildman–Crippen LogP) is 2.82. The van der Waals surface area contributed by atoms with Gasteiger partial charge in [-0.1, -0.05) is 29.3 Å².